The zero-order chi connectivity index (χ0) is 16.8. The first-order valence-electron chi connectivity index (χ1n) is 7.41. The fourth-order valence-electron chi connectivity index (χ4n) is 2.31. The molecule has 0 radical (unpaired) electrons. The van der Waals surface area contributed by atoms with Gasteiger partial charge in [-0.2, -0.15) is 0 Å². The summed E-state index contributed by atoms with van der Waals surface area (Å²) in [5.41, 5.74) is 2.67. The van der Waals surface area contributed by atoms with Crippen LogP contribution in [0.15, 0.2) is 41.2 Å². The summed E-state index contributed by atoms with van der Waals surface area (Å²) in [6.07, 6.45) is -0.772. The van der Waals surface area contributed by atoms with Gasteiger partial charge in [0.15, 0.2) is 0 Å². The third-order valence-corrected chi connectivity index (χ3v) is 3.56. The van der Waals surface area contributed by atoms with Crippen LogP contribution in [0.1, 0.15) is 28.5 Å². The summed E-state index contributed by atoms with van der Waals surface area (Å²) in [7, 11) is 0. The molecule has 2 aromatic rings. The fraction of sp³-hybridized carbons (Fsp3) is 0.294. The molecular formula is C17H21N3O3. The zero-order valence-corrected chi connectivity index (χ0v) is 13.2. The number of rotatable bonds is 5. The number of carbonyl (C=O) groups is 1. The lowest BCUT2D eigenvalue weighted by molar-refractivity contribution is 0.173. The van der Waals surface area contributed by atoms with Gasteiger partial charge in [0.25, 0.3) is 5.56 Å². The van der Waals surface area contributed by atoms with Crippen LogP contribution >= 0.6 is 0 Å². The summed E-state index contributed by atoms with van der Waals surface area (Å²) in [6, 6.07) is 10.5. The zero-order valence-electron chi connectivity index (χ0n) is 13.2. The lowest BCUT2D eigenvalue weighted by atomic mass is 10.1. The molecule has 0 bridgehead atoms. The lowest BCUT2D eigenvalue weighted by Crippen LogP contribution is -2.38. The van der Waals surface area contributed by atoms with E-state index in [1.54, 1.807) is 12.1 Å². The van der Waals surface area contributed by atoms with Gasteiger partial charge in [0.2, 0.25) is 0 Å². The van der Waals surface area contributed by atoms with Crippen molar-refractivity contribution in [3.8, 4) is 0 Å². The Balaban J connectivity index is 1.85. The summed E-state index contributed by atoms with van der Waals surface area (Å²) in [6.45, 7) is 3.87. The summed E-state index contributed by atoms with van der Waals surface area (Å²) in [4.78, 5) is 26.4. The average Bonchev–Trinajstić information content (AvgIpc) is 2.52. The lowest BCUT2D eigenvalue weighted by Gasteiger charge is -2.13. The monoisotopic (exact) mass is 315 g/mol. The number of aromatic nitrogens is 1. The number of aliphatic hydroxyl groups excluding tert-OH is 1. The first-order valence-corrected chi connectivity index (χ1v) is 7.41. The predicted octanol–water partition coefficient (Wildman–Crippen LogP) is 1.52. The van der Waals surface area contributed by atoms with E-state index >= 15 is 0 Å². The molecule has 0 aliphatic carbocycles. The van der Waals surface area contributed by atoms with Crippen LogP contribution in [0.3, 0.4) is 0 Å². The van der Waals surface area contributed by atoms with Crippen molar-refractivity contribution in [1.82, 2.24) is 15.6 Å². The van der Waals surface area contributed by atoms with Gasteiger partial charge < -0.3 is 20.7 Å². The van der Waals surface area contributed by atoms with Crippen LogP contribution in [0, 0.1) is 13.8 Å². The van der Waals surface area contributed by atoms with Crippen molar-refractivity contribution in [2.24, 2.45) is 0 Å². The number of hydrogen-bond donors (Lipinski definition) is 4. The summed E-state index contributed by atoms with van der Waals surface area (Å²) < 4.78 is 0. The summed E-state index contributed by atoms with van der Waals surface area (Å²) >= 11 is 0. The standard InChI is InChI=1S/C17H21N3O3/c1-11-8-12(2)20-16(22)14(11)9-18-17(23)19-10-15(21)13-6-4-3-5-7-13/h3-8,15,21H,9-10H2,1-2H3,(H,20,22)(H2,18,19,23)/t15-/m1/s1. The molecule has 2 amide bonds. The van der Waals surface area contributed by atoms with E-state index in [1.165, 1.54) is 0 Å². The maximum Gasteiger partial charge on any atom is 0.315 e. The van der Waals surface area contributed by atoms with Gasteiger partial charge in [0.05, 0.1) is 12.6 Å². The highest BCUT2D eigenvalue weighted by molar-refractivity contribution is 5.73. The molecule has 1 atom stereocenters. The van der Waals surface area contributed by atoms with Gasteiger partial charge >= 0.3 is 6.03 Å². The van der Waals surface area contributed by atoms with E-state index in [2.05, 4.69) is 15.6 Å². The van der Waals surface area contributed by atoms with Crippen molar-refractivity contribution in [2.75, 3.05) is 6.54 Å². The van der Waals surface area contributed by atoms with Gasteiger partial charge in [-0.3, -0.25) is 4.79 Å². The van der Waals surface area contributed by atoms with Crippen molar-refractivity contribution >= 4 is 6.03 Å². The smallest absolute Gasteiger partial charge is 0.315 e. The second-order valence-electron chi connectivity index (χ2n) is 5.43. The third-order valence-electron chi connectivity index (χ3n) is 3.56. The van der Waals surface area contributed by atoms with E-state index < -0.39 is 12.1 Å². The minimum atomic E-state index is -0.772. The molecule has 23 heavy (non-hydrogen) atoms. The number of benzene rings is 1. The molecule has 122 valence electrons. The van der Waals surface area contributed by atoms with Gasteiger partial charge in [-0.15, -0.1) is 0 Å². The minimum Gasteiger partial charge on any atom is -0.387 e. The van der Waals surface area contributed by atoms with Gasteiger partial charge in [0.1, 0.15) is 0 Å². The number of nitrogens with one attached hydrogen (secondary N) is 3. The van der Waals surface area contributed by atoms with Crippen LogP contribution in [0.5, 0.6) is 0 Å². The van der Waals surface area contributed by atoms with Crippen LogP contribution in [-0.2, 0) is 6.54 Å². The Bertz CT molecular complexity index is 726. The number of pyridine rings is 1. The molecule has 0 unspecified atom stereocenters. The number of aryl methyl sites for hydroxylation is 2. The van der Waals surface area contributed by atoms with Gasteiger partial charge in [-0.25, -0.2) is 4.79 Å². The van der Waals surface area contributed by atoms with E-state index in [-0.39, 0.29) is 18.6 Å². The predicted molar refractivity (Wildman–Crippen MR) is 88.2 cm³/mol. The highest BCUT2D eigenvalue weighted by Gasteiger charge is 2.10. The van der Waals surface area contributed by atoms with Crippen molar-refractivity contribution in [2.45, 2.75) is 26.5 Å². The van der Waals surface area contributed by atoms with Crippen LogP contribution < -0.4 is 16.2 Å². The number of carbonyl (C=O) groups excluding carboxylic acids is 1. The SMILES string of the molecule is Cc1cc(C)c(CNC(=O)NC[C@@H](O)c2ccccc2)c(=O)[nH]1. The van der Waals surface area contributed by atoms with E-state index in [0.29, 0.717) is 5.56 Å². The third kappa shape index (κ3) is 4.69. The van der Waals surface area contributed by atoms with E-state index in [1.807, 2.05) is 38.1 Å². The number of hydrogen-bond acceptors (Lipinski definition) is 3. The number of aliphatic hydroxyl groups is 1. The number of urea groups is 1. The second-order valence-corrected chi connectivity index (χ2v) is 5.43. The average molecular weight is 315 g/mol. The summed E-state index contributed by atoms with van der Waals surface area (Å²) in [5, 5.41) is 15.2. The fourth-order valence-corrected chi connectivity index (χ4v) is 2.31. The van der Waals surface area contributed by atoms with Crippen LogP contribution in [0.4, 0.5) is 4.79 Å². The Morgan fingerprint density at radius 2 is 1.91 bits per heavy atom. The van der Waals surface area contributed by atoms with Crippen molar-refractivity contribution < 1.29 is 9.90 Å². The molecule has 2 rings (SSSR count). The quantitative estimate of drug-likeness (QED) is 0.674. The normalized spacial score (nSPS) is 11.8. The maximum atomic E-state index is 11.9. The van der Waals surface area contributed by atoms with Crippen LogP contribution in [0.2, 0.25) is 0 Å². The van der Waals surface area contributed by atoms with E-state index in [4.69, 9.17) is 0 Å². The van der Waals surface area contributed by atoms with E-state index in [9.17, 15) is 14.7 Å². The molecular weight excluding hydrogens is 294 g/mol. The Kier molecular flexibility index (Phi) is 5.54. The molecule has 0 saturated carbocycles. The van der Waals surface area contributed by atoms with Crippen LogP contribution in [-0.4, -0.2) is 22.7 Å². The van der Waals surface area contributed by atoms with Crippen molar-refractivity contribution in [3.05, 3.63) is 69.1 Å². The highest BCUT2D eigenvalue weighted by Crippen LogP contribution is 2.10. The molecule has 1 aromatic carbocycles. The molecule has 0 aliphatic rings. The number of amides is 2. The largest absolute Gasteiger partial charge is 0.387 e. The van der Waals surface area contributed by atoms with Gasteiger partial charge in [0, 0.05) is 17.8 Å². The molecule has 0 aliphatic heterocycles. The Morgan fingerprint density at radius 1 is 1.22 bits per heavy atom. The second kappa shape index (κ2) is 7.60. The van der Waals surface area contributed by atoms with Crippen LogP contribution in [0.25, 0.3) is 0 Å². The van der Waals surface area contributed by atoms with Gasteiger partial charge in [-0.05, 0) is 31.0 Å². The highest BCUT2D eigenvalue weighted by atomic mass is 16.3. The van der Waals surface area contributed by atoms with E-state index in [0.717, 1.165) is 16.8 Å². The van der Waals surface area contributed by atoms with Crippen molar-refractivity contribution in [3.63, 3.8) is 0 Å². The maximum absolute atomic E-state index is 11.9. The Morgan fingerprint density at radius 3 is 2.57 bits per heavy atom. The first kappa shape index (κ1) is 16.8. The Hall–Kier alpha value is -2.60. The number of aromatic amines is 1. The van der Waals surface area contributed by atoms with Crippen molar-refractivity contribution in [1.29, 1.82) is 0 Å². The molecule has 0 fully saturated rings. The minimum absolute atomic E-state index is 0.0963. The molecule has 1 aromatic heterocycles. The number of H-pyrrole nitrogens is 1. The molecule has 6 nitrogen and oxygen atoms in total. The van der Waals surface area contributed by atoms with Gasteiger partial charge in [-0.1, -0.05) is 30.3 Å². The topological polar surface area (TPSA) is 94.2 Å². The molecule has 6 heteroatoms. The molecule has 0 saturated heterocycles. The molecule has 0 spiro atoms. The summed E-state index contributed by atoms with van der Waals surface area (Å²) in [5.74, 6) is 0. The Labute approximate surface area is 134 Å². The molecule has 4 N–H and O–H groups in total. The first-order chi connectivity index (χ1) is 11.0. The molecule has 1 heterocycles.